The van der Waals surface area contributed by atoms with Crippen molar-refractivity contribution in [3.63, 3.8) is 0 Å². The maximum Gasteiger partial charge on any atom is 0.339 e. The minimum absolute atomic E-state index is 0.256. The number of ether oxygens (including phenoxy) is 3. The second-order valence-corrected chi connectivity index (χ2v) is 2.64. The van der Waals surface area contributed by atoms with E-state index in [1.807, 2.05) is 0 Å². The van der Waals surface area contributed by atoms with E-state index < -0.39 is 11.9 Å². The Hall–Kier alpha value is -0.910. The zero-order valence-electron chi connectivity index (χ0n) is 9.41. The molecule has 0 radical (unpaired) electrons. The molecule has 0 aromatic carbocycles. The summed E-state index contributed by atoms with van der Waals surface area (Å²) in [5, 5.41) is 8.86. The molecule has 0 aliphatic carbocycles. The van der Waals surface area contributed by atoms with Crippen LogP contribution in [0.3, 0.4) is 0 Å². The van der Waals surface area contributed by atoms with Crippen molar-refractivity contribution >= 4 is 5.97 Å². The van der Waals surface area contributed by atoms with Crippen LogP contribution in [0.15, 0.2) is 12.2 Å². The number of hydrogen-bond donors (Lipinski definition) is 1. The number of carbonyl (C=O) groups is 1. The van der Waals surface area contributed by atoms with E-state index in [0.29, 0.717) is 0 Å². The molecule has 0 heterocycles. The first-order valence-electron chi connectivity index (χ1n) is 4.88. The van der Waals surface area contributed by atoms with Crippen molar-refractivity contribution in [2.75, 3.05) is 19.8 Å². The molecule has 0 amide bonds. The van der Waals surface area contributed by atoms with Crippen LogP contribution < -0.4 is 0 Å². The van der Waals surface area contributed by atoms with E-state index in [4.69, 9.17) is 19.3 Å². The highest BCUT2D eigenvalue weighted by Gasteiger charge is 2.40. The summed E-state index contributed by atoms with van der Waals surface area (Å²) in [6.45, 7) is 9.39. The van der Waals surface area contributed by atoms with Gasteiger partial charge in [0.2, 0.25) is 0 Å². The van der Waals surface area contributed by atoms with E-state index in [-0.39, 0.29) is 25.4 Å². The molecule has 0 atom stereocenters. The van der Waals surface area contributed by atoms with Crippen LogP contribution in [0, 0.1) is 0 Å². The quantitative estimate of drug-likeness (QED) is 0.492. The van der Waals surface area contributed by atoms with Crippen molar-refractivity contribution < 1.29 is 24.1 Å². The zero-order valence-corrected chi connectivity index (χ0v) is 9.41. The first-order chi connectivity index (χ1) is 7.04. The van der Waals surface area contributed by atoms with Gasteiger partial charge in [0.25, 0.3) is 0 Å². The van der Waals surface area contributed by atoms with Crippen LogP contribution in [0.2, 0.25) is 0 Å². The Bertz CT molecular complexity index is 207. The highest BCUT2D eigenvalue weighted by Crippen LogP contribution is 2.24. The fraction of sp³-hybridized carbons (Fsp3) is 0.700. The third kappa shape index (κ3) is 3.62. The maximum absolute atomic E-state index is 10.8. The summed E-state index contributed by atoms with van der Waals surface area (Å²) in [4.78, 5) is 10.8. The molecule has 0 aliphatic heterocycles. The molecule has 0 fully saturated rings. The van der Waals surface area contributed by atoms with Gasteiger partial charge >= 0.3 is 11.9 Å². The van der Waals surface area contributed by atoms with Gasteiger partial charge in [-0.05, 0) is 20.8 Å². The average Bonchev–Trinajstić information content (AvgIpc) is 2.17. The summed E-state index contributed by atoms with van der Waals surface area (Å²) < 4.78 is 15.6. The molecule has 0 rings (SSSR count). The molecule has 1 N–H and O–H groups in total. The summed E-state index contributed by atoms with van der Waals surface area (Å²) >= 11 is 0. The van der Waals surface area contributed by atoms with Crippen molar-refractivity contribution in [2.24, 2.45) is 0 Å². The van der Waals surface area contributed by atoms with Gasteiger partial charge in [-0.1, -0.05) is 6.58 Å². The average molecular weight is 218 g/mol. The molecule has 0 unspecified atom stereocenters. The number of carboxylic acid groups (broad SMARTS) is 1. The Labute approximate surface area is 89.6 Å². The molecule has 0 aliphatic rings. The molecule has 88 valence electrons. The largest absolute Gasteiger partial charge is 0.478 e. The van der Waals surface area contributed by atoms with Crippen LogP contribution in [0.1, 0.15) is 20.8 Å². The second kappa shape index (κ2) is 6.55. The van der Waals surface area contributed by atoms with E-state index in [2.05, 4.69) is 6.58 Å². The third-order valence-electron chi connectivity index (χ3n) is 1.63. The first kappa shape index (κ1) is 14.1. The van der Waals surface area contributed by atoms with Crippen LogP contribution in [0.5, 0.6) is 0 Å². The molecule has 0 saturated heterocycles. The Morgan fingerprint density at radius 2 is 1.47 bits per heavy atom. The molecule has 15 heavy (non-hydrogen) atoms. The minimum atomic E-state index is -1.66. The van der Waals surface area contributed by atoms with E-state index >= 15 is 0 Å². The van der Waals surface area contributed by atoms with Crippen LogP contribution in [-0.4, -0.2) is 36.9 Å². The molecule has 5 heteroatoms. The molecule has 0 spiro atoms. The Kier molecular flexibility index (Phi) is 6.15. The van der Waals surface area contributed by atoms with Gasteiger partial charge in [-0.15, -0.1) is 0 Å². The second-order valence-electron chi connectivity index (χ2n) is 2.64. The van der Waals surface area contributed by atoms with E-state index in [9.17, 15) is 4.79 Å². The third-order valence-corrected chi connectivity index (χ3v) is 1.63. The predicted molar refractivity (Wildman–Crippen MR) is 54.4 cm³/mol. The smallest absolute Gasteiger partial charge is 0.339 e. The Morgan fingerprint density at radius 1 is 1.13 bits per heavy atom. The van der Waals surface area contributed by atoms with Gasteiger partial charge in [-0.25, -0.2) is 4.79 Å². The maximum atomic E-state index is 10.8. The van der Waals surface area contributed by atoms with Gasteiger partial charge in [0.05, 0.1) is 0 Å². The highest BCUT2D eigenvalue weighted by molar-refractivity contribution is 5.87. The number of rotatable bonds is 8. The topological polar surface area (TPSA) is 65.0 Å². The van der Waals surface area contributed by atoms with Crippen LogP contribution in [-0.2, 0) is 19.0 Å². The lowest BCUT2D eigenvalue weighted by atomic mass is 10.2. The van der Waals surface area contributed by atoms with E-state index in [0.717, 1.165) is 0 Å². The van der Waals surface area contributed by atoms with Gasteiger partial charge in [-0.3, -0.25) is 0 Å². The van der Waals surface area contributed by atoms with Crippen molar-refractivity contribution in [1.82, 2.24) is 0 Å². The number of carboxylic acids is 1. The lowest BCUT2D eigenvalue weighted by Crippen LogP contribution is -2.43. The fourth-order valence-electron chi connectivity index (χ4n) is 1.09. The monoisotopic (exact) mass is 218 g/mol. The van der Waals surface area contributed by atoms with Crippen molar-refractivity contribution in [2.45, 2.75) is 26.7 Å². The molecule has 0 aromatic rings. The molecule has 0 saturated carbocycles. The number of hydrogen-bond acceptors (Lipinski definition) is 4. The summed E-state index contributed by atoms with van der Waals surface area (Å²) in [6.07, 6.45) is 0. The van der Waals surface area contributed by atoms with Gasteiger partial charge in [0.1, 0.15) is 5.57 Å². The SMILES string of the molecule is C=C(C(=O)O)C(OCC)(OCC)OCC. The van der Waals surface area contributed by atoms with Crippen LogP contribution in [0.25, 0.3) is 0 Å². The highest BCUT2D eigenvalue weighted by atomic mass is 16.9. The predicted octanol–water partition coefficient (Wildman–Crippen LogP) is 1.39. The summed E-state index contributed by atoms with van der Waals surface area (Å²) in [5.41, 5.74) is -0.256. The lowest BCUT2D eigenvalue weighted by Gasteiger charge is -2.31. The summed E-state index contributed by atoms with van der Waals surface area (Å²) in [6, 6.07) is 0. The van der Waals surface area contributed by atoms with Crippen molar-refractivity contribution in [3.8, 4) is 0 Å². The molecular weight excluding hydrogens is 200 g/mol. The first-order valence-corrected chi connectivity index (χ1v) is 4.88. The van der Waals surface area contributed by atoms with Gasteiger partial charge in [0.15, 0.2) is 0 Å². The molecule has 0 bridgehead atoms. The normalized spacial score (nSPS) is 11.4. The Morgan fingerprint density at radius 3 is 1.67 bits per heavy atom. The van der Waals surface area contributed by atoms with Crippen LogP contribution in [0.4, 0.5) is 0 Å². The lowest BCUT2D eigenvalue weighted by molar-refractivity contribution is -0.351. The van der Waals surface area contributed by atoms with Crippen LogP contribution >= 0.6 is 0 Å². The molecule has 5 nitrogen and oxygen atoms in total. The zero-order chi connectivity index (χ0) is 11.9. The van der Waals surface area contributed by atoms with Gasteiger partial charge in [-0.2, -0.15) is 0 Å². The van der Waals surface area contributed by atoms with Gasteiger partial charge in [0, 0.05) is 19.8 Å². The van der Waals surface area contributed by atoms with E-state index in [1.165, 1.54) is 0 Å². The minimum Gasteiger partial charge on any atom is -0.478 e. The fourth-order valence-corrected chi connectivity index (χ4v) is 1.09. The standard InChI is InChI=1S/C10H18O5/c1-5-13-10(14-6-2,15-7-3)8(4)9(11)12/h4-7H2,1-3H3,(H,11,12). The molecular formula is C10H18O5. The van der Waals surface area contributed by atoms with Crippen molar-refractivity contribution in [1.29, 1.82) is 0 Å². The Balaban J connectivity index is 4.90. The molecule has 0 aromatic heterocycles. The van der Waals surface area contributed by atoms with Gasteiger partial charge < -0.3 is 19.3 Å². The number of aliphatic carboxylic acids is 1. The van der Waals surface area contributed by atoms with Crippen molar-refractivity contribution in [3.05, 3.63) is 12.2 Å². The summed E-state index contributed by atoms with van der Waals surface area (Å²) in [7, 11) is 0. The summed E-state index contributed by atoms with van der Waals surface area (Å²) in [5.74, 6) is -2.87. The van der Waals surface area contributed by atoms with E-state index in [1.54, 1.807) is 20.8 Å².